The van der Waals surface area contributed by atoms with E-state index >= 15 is 0 Å². The molecule has 98 valence electrons. The molecule has 0 spiro atoms. The van der Waals surface area contributed by atoms with Gasteiger partial charge in [0.05, 0.1) is 5.69 Å². The molecule has 1 heterocycles. The van der Waals surface area contributed by atoms with Gasteiger partial charge in [-0.3, -0.25) is 4.68 Å². The molecular formula is C13H25N3O. The quantitative estimate of drug-likeness (QED) is 0.706. The van der Waals surface area contributed by atoms with Crippen LogP contribution < -0.4 is 5.32 Å². The highest BCUT2D eigenvalue weighted by Crippen LogP contribution is 2.06. The zero-order valence-electron chi connectivity index (χ0n) is 11.5. The summed E-state index contributed by atoms with van der Waals surface area (Å²) >= 11 is 0. The third-order valence-electron chi connectivity index (χ3n) is 2.73. The molecule has 0 aromatic carbocycles. The Balaban J connectivity index is 2.38. The van der Waals surface area contributed by atoms with Crippen LogP contribution in [0.1, 0.15) is 37.9 Å². The highest BCUT2D eigenvalue weighted by molar-refractivity contribution is 5.15. The van der Waals surface area contributed by atoms with Crippen molar-refractivity contribution in [3.05, 3.63) is 17.5 Å². The number of nitrogens with one attached hydrogen (secondary N) is 1. The first-order valence-corrected chi connectivity index (χ1v) is 6.38. The van der Waals surface area contributed by atoms with Crippen LogP contribution in [0.2, 0.25) is 0 Å². The van der Waals surface area contributed by atoms with Crippen LogP contribution in [0, 0.1) is 6.92 Å². The van der Waals surface area contributed by atoms with Gasteiger partial charge < -0.3 is 10.1 Å². The van der Waals surface area contributed by atoms with E-state index in [9.17, 15) is 0 Å². The van der Waals surface area contributed by atoms with Crippen molar-refractivity contribution in [2.75, 3.05) is 13.7 Å². The fraction of sp³-hybridized carbons (Fsp3) is 0.769. The van der Waals surface area contributed by atoms with Crippen molar-refractivity contribution in [3.63, 3.8) is 0 Å². The minimum absolute atomic E-state index is 0.513. The number of aryl methyl sites for hydroxylation is 2. The molecule has 0 aliphatic heterocycles. The second-order valence-electron chi connectivity index (χ2n) is 4.74. The molecule has 0 saturated carbocycles. The van der Waals surface area contributed by atoms with Crippen LogP contribution in [-0.4, -0.2) is 29.5 Å². The molecule has 0 aliphatic rings. The number of unbranched alkanes of at least 4 members (excludes halogenated alkanes) is 1. The number of methoxy groups -OCH3 is 1. The van der Waals surface area contributed by atoms with Gasteiger partial charge in [-0.1, -0.05) is 13.8 Å². The van der Waals surface area contributed by atoms with Crippen LogP contribution in [0.4, 0.5) is 0 Å². The van der Waals surface area contributed by atoms with Crippen LogP contribution in [-0.2, 0) is 17.8 Å². The summed E-state index contributed by atoms with van der Waals surface area (Å²) in [5.74, 6) is 0. The molecule has 1 aromatic heterocycles. The second-order valence-corrected chi connectivity index (χ2v) is 4.74. The van der Waals surface area contributed by atoms with Crippen molar-refractivity contribution in [2.24, 2.45) is 0 Å². The van der Waals surface area contributed by atoms with E-state index in [2.05, 4.69) is 37.4 Å². The van der Waals surface area contributed by atoms with Crippen molar-refractivity contribution in [2.45, 2.75) is 52.7 Å². The molecule has 1 aromatic rings. The Morgan fingerprint density at radius 2 is 2.18 bits per heavy atom. The number of rotatable bonds is 8. The van der Waals surface area contributed by atoms with E-state index in [4.69, 9.17) is 4.74 Å². The number of aromatic nitrogens is 2. The number of hydrogen-bond acceptors (Lipinski definition) is 3. The smallest absolute Gasteiger partial charge is 0.0638 e. The molecule has 0 aliphatic carbocycles. The molecule has 1 N–H and O–H groups in total. The van der Waals surface area contributed by atoms with Crippen molar-refractivity contribution in [1.29, 1.82) is 0 Å². The summed E-state index contributed by atoms with van der Waals surface area (Å²) in [5.41, 5.74) is 2.43. The number of hydrogen-bond donors (Lipinski definition) is 1. The molecule has 0 unspecified atom stereocenters. The van der Waals surface area contributed by atoms with Crippen LogP contribution in [0.5, 0.6) is 0 Å². The van der Waals surface area contributed by atoms with Gasteiger partial charge in [0.25, 0.3) is 0 Å². The van der Waals surface area contributed by atoms with E-state index < -0.39 is 0 Å². The summed E-state index contributed by atoms with van der Waals surface area (Å²) < 4.78 is 7.08. The lowest BCUT2D eigenvalue weighted by atomic mass is 10.2. The molecular weight excluding hydrogens is 214 g/mol. The first-order chi connectivity index (χ1) is 8.13. The van der Waals surface area contributed by atoms with Gasteiger partial charge in [-0.15, -0.1) is 0 Å². The second kappa shape index (κ2) is 7.45. The van der Waals surface area contributed by atoms with Crippen LogP contribution >= 0.6 is 0 Å². The maximum absolute atomic E-state index is 5.03. The lowest BCUT2D eigenvalue weighted by molar-refractivity contribution is 0.191. The molecule has 0 amide bonds. The molecule has 0 fully saturated rings. The average Bonchev–Trinajstić information content (AvgIpc) is 2.63. The van der Waals surface area contributed by atoms with E-state index in [1.807, 2.05) is 4.68 Å². The molecule has 4 nitrogen and oxygen atoms in total. The van der Waals surface area contributed by atoms with Gasteiger partial charge in [0.15, 0.2) is 0 Å². The fourth-order valence-corrected chi connectivity index (χ4v) is 1.68. The highest BCUT2D eigenvalue weighted by Gasteiger charge is 2.05. The predicted octanol–water partition coefficient (Wildman–Crippen LogP) is 2.12. The molecule has 0 saturated heterocycles. The topological polar surface area (TPSA) is 39.1 Å². The van der Waals surface area contributed by atoms with Gasteiger partial charge >= 0.3 is 0 Å². The molecule has 4 heteroatoms. The zero-order chi connectivity index (χ0) is 12.7. The lowest BCUT2D eigenvalue weighted by Crippen LogP contribution is -2.21. The van der Waals surface area contributed by atoms with E-state index in [1.54, 1.807) is 7.11 Å². The summed E-state index contributed by atoms with van der Waals surface area (Å²) in [7, 11) is 1.74. The Morgan fingerprint density at radius 1 is 1.41 bits per heavy atom. The van der Waals surface area contributed by atoms with Crippen molar-refractivity contribution in [1.82, 2.24) is 15.1 Å². The van der Waals surface area contributed by atoms with Crippen molar-refractivity contribution < 1.29 is 4.74 Å². The van der Waals surface area contributed by atoms with Crippen molar-refractivity contribution in [3.8, 4) is 0 Å². The Kier molecular flexibility index (Phi) is 6.22. The van der Waals surface area contributed by atoms with Crippen LogP contribution in [0.15, 0.2) is 6.20 Å². The summed E-state index contributed by atoms with van der Waals surface area (Å²) in [6, 6.07) is 0.513. The Bertz CT molecular complexity index is 320. The maximum atomic E-state index is 5.03. The molecule has 17 heavy (non-hydrogen) atoms. The molecule has 0 radical (unpaired) electrons. The minimum Gasteiger partial charge on any atom is -0.385 e. The third kappa shape index (κ3) is 5.33. The molecule has 0 atom stereocenters. The van der Waals surface area contributed by atoms with Gasteiger partial charge in [0.1, 0.15) is 0 Å². The maximum Gasteiger partial charge on any atom is 0.0638 e. The summed E-state index contributed by atoms with van der Waals surface area (Å²) in [6.45, 7) is 9.10. The third-order valence-corrected chi connectivity index (χ3v) is 2.73. The highest BCUT2D eigenvalue weighted by atomic mass is 16.5. The Morgan fingerprint density at radius 3 is 2.82 bits per heavy atom. The first-order valence-electron chi connectivity index (χ1n) is 6.38. The first kappa shape index (κ1) is 14.2. The van der Waals surface area contributed by atoms with Gasteiger partial charge in [-0.05, 0) is 19.8 Å². The van der Waals surface area contributed by atoms with Crippen LogP contribution in [0.3, 0.4) is 0 Å². The lowest BCUT2D eigenvalue weighted by Gasteiger charge is -2.06. The van der Waals surface area contributed by atoms with E-state index in [1.165, 1.54) is 5.56 Å². The molecule has 0 bridgehead atoms. The largest absolute Gasteiger partial charge is 0.385 e. The zero-order valence-corrected chi connectivity index (χ0v) is 11.5. The predicted molar refractivity (Wildman–Crippen MR) is 70.0 cm³/mol. The van der Waals surface area contributed by atoms with Gasteiger partial charge in [0.2, 0.25) is 0 Å². The SMILES string of the molecule is COCCCCn1cc(CNC(C)C)c(C)n1. The molecule has 1 rings (SSSR count). The van der Waals surface area contributed by atoms with E-state index in [-0.39, 0.29) is 0 Å². The van der Waals surface area contributed by atoms with E-state index in [0.29, 0.717) is 6.04 Å². The summed E-state index contributed by atoms with van der Waals surface area (Å²) in [6.07, 6.45) is 4.36. The monoisotopic (exact) mass is 239 g/mol. The number of ether oxygens (including phenoxy) is 1. The van der Waals surface area contributed by atoms with E-state index in [0.717, 1.165) is 38.2 Å². The fourth-order valence-electron chi connectivity index (χ4n) is 1.68. The summed E-state index contributed by atoms with van der Waals surface area (Å²) in [5, 5.41) is 7.94. The van der Waals surface area contributed by atoms with Crippen LogP contribution in [0.25, 0.3) is 0 Å². The number of nitrogens with zero attached hydrogens (tertiary/aromatic N) is 2. The minimum atomic E-state index is 0.513. The Labute approximate surface area is 104 Å². The normalized spacial score (nSPS) is 11.4. The average molecular weight is 239 g/mol. The van der Waals surface area contributed by atoms with Crippen molar-refractivity contribution >= 4 is 0 Å². The van der Waals surface area contributed by atoms with Gasteiger partial charge in [-0.25, -0.2) is 0 Å². The Hall–Kier alpha value is -0.870. The standard InChI is InChI=1S/C13H25N3O/c1-11(2)14-9-13-10-16(15-12(13)3)7-5-6-8-17-4/h10-11,14H,5-9H2,1-4H3. The van der Waals surface area contributed by atoms with Gasteiger partial charge in [-0.2, -0.15) is 5.10 Å². The summed E-state index contributed by atoms with van der Waals surface area (Å²) in [4.78, 5) is 0. The van der Waals surface area contributed by atoms with Gasteiger partial charge in [0, 0.05) is 44.6 Å².